The van der Waals surface area contributed by atoms with E-state index in [0.717, 1.165) is 13.0 Å². The van der Waals surface area contributed by atoms with Gasteiger partial charge in [-0.1, -0.05) is 30.3 Å². The maximum atomic E-state index is 5.58. The molecule has 2 N–H and O–H groups in total. The molecule has 0 fully saturated rings. The van der Waals surface area contributed by atoms with E-state index in [2.05, 4.69) is 30.3 Å². The van der Waals surface area contributed by atoms with Crippen molar-refractivity contribution in [2.24, 2.45) is 5.73 Å². The molecule has 0 bridgehead atoms. The Morgan fingerprint density at radius 2 is 2.00 bits per heavy atom. The van der Waals surface area contributed by atoms with Crippen molar-refractivity contribution in [2.75, 3.05) is 6.54 Å². The largest absolute Gasteiger partial charge is 0.330 e. The number of aryl methyl sites for hydroxylation is 1. The van der Waals surface area contributed by atoms with Crippen LogP contribution in [0.2, 0.25) is 0 Å². The van der Waals surface area contributed by atoms with E-state index in [9.17, 15) is 0 Å². The van der Waals surface area contributed by atoms with Gasteiger partial charge in [-0.3, -0.25) is 0 Å². The number of halogens is 1. The van der Waals surface area contributed by atoms with Gasteiger partial charge in [0, 0.05) is 0 Å². The molecule has 76 valence electrons. The molecular weight excluding hydrogens is 194 g/mol. The molecule has 0 atom stereocenters. The predicted molar refractivity (Wildman–Crippen MR) is 63.7 cm³/mol. The fourth-order valence-corrected chi connectivity index (χ4v) is 1.96. The Bertz CT molecular complexity index is 331. The van der Waals surface area contributed by atoms with Crippen molar-refractivity contribution in [3.63, 3.8) is 0 Å². The van der Waals surface area contributed by atoms with Gasteiger partial charge in [-0.05, 0) is 42.5 Å². The Morgan fingerprint density at radius 1 is 1.21 bits per heavy atom. The molecule has 0 radical (unpaired) electrons. The minimum Gasteiger partial charge on any atom is -0.330 e. The van der Waals surface area contributed by atoms with E-state index in [-0.39, 0.29) is 12.4 Å². The van der Waals surface area contributed by atoms with E-state index in [1.807, 2.05) is 0 Å². The van der Waals surface area contributed by atoms with Crippen molar-refractivity contribution in [1.82, 2.24) is 0 Å². The van der Waals surface area contributed by atoms with Crippen LogP contribution in [0.15, 0.2) is 30.3 Å². The summed E-state index contributed by atoms with van der Waals surface area (Å²) in [7, 11) is 0. The topological polar surface area (TPSA) is 26.0 Å². The molecule has 2 heteroatoms. The van der Waals surface area contributed by atoms with E-state index in [1.165, 1.54) is 29.5 Å². The fraction of sp³-hybridized carbons (Fsp3) is 0.333. The molecule has 0 amide bonds. The van der Waals surface area contributed by atoms with Gasteiger partial charge in [0.25, 0.3) is 0 Å². The summed E-state index contributed by atoms with van der Waals surface area (Å²) in [6.07, 6.45) is 5.70. The summed E-state index contributed by atoms with van der Waals surface area (Å²) >= 11 is 0. The Morgan fingerprint density at radius 3 is 2.79 bits per heavy atom. The molecule has 1 nitrogen and oxygen atoms in total. The third-order valence-corrected chi connectivity index (χ3v) is 2.58. The number of fused-ring (bicyclic) bond motifs is 1. The lowest BCUT2D eigenvalue weighted by Crippen LogP contribution is -2.04. The Hall–Kier alpha value is -0.790. The highest BCUT2D eigenvalue weighted by molar-refractivity contribution is 5.85. The lowest BCUT2D eigenvalue weighted by Gasteiger charge is -2.16. The maximum absolute atomic E-state index is 5.58. The number of benzene rings is 1. The van der Waals surface area contributed by atoms with Crippen LogP contribution >= 0.6 is 12.4 Å². The van der Waals surface area contributed by atoms with Crippen LogP contribution in [0, 0.1) is 0 Å². The van der Waals surface area contributed by atoms with Crippen LogP contribution in [-0.4, -0.2) is 6.54 Å². The number of rotatable bonds is 2. The van der Waals surface area contributed by atoms with Crippen molar-refractivity contribution < 1.29 is 0 Å². The molecule has 0 aromatic heterocycles. The number of hydrogen-bond acceptors (Lipinski definition) is 1. The van der Waals surface area contributed by atoms with Gasteiger partial charge in [-0.2, -0.15) is 0 Å². The molecule has 1 aliphatic rings. The summed E-state index contributed by atoms with van der Waals surface area (Å²) in [6.45, 7) is 0.750. The molecule has 14 heavy (non-hydrogen) atoms. The summed E-state index contributed by atoms with van der Waals surface area (Å²) in [6, 6.07) is 8.65. The third-order valence-electron chi connectivity index (χ3n) is 2.58. The van der Waals surface area contributed by atoms with Crippen LogP contribution in [-0.2, 0) is 6.42 Å². The standard InChI is InChI=1S/C12H15N.ClH/c13-9-8-11-6-3-5-10-4-1-2-7-12(10)11;/h1-2,4,6-7H,3,5,8-9,13H2;1H. The Kier molecular flexibility index (Phi) is 4.18. The van der Waals surface area contributed by atoms with Crippen LogP contribution < -0.4 is 5.73 Å². The highest BCUT2D eigenvalue weighted by atomic mass is 35.5. The van der Waals surface area contributed by atoms with Crippen molar-refractivity contribution in [2.45, 2.75) is 19.3 Å². The molecule has 2 rings (SSSR count). The molecule has 0 aliphatic heterocycles. The van der Waals surface area contributed by atoms with Crippen molar-refractivity contribution >= 4 is 18.0 Å². The summed E-state index contributed by atoms with van der Waals surface area (Å²) in [5.41, 5.74) is 9.91. The van der Waals surface area contributed by atoms with Gasteiger partial charge in [0.1, 0.15) is 0 Å². The van der Waals surface area contributed by atoms with Gasteiger partial charge >= 0.3 is 0 Å². The van der Waals surface area contributed by atoms with E-state index in [4.69, 9.17) is 5.73 Å². The summed E-state index contributed by atoms with van der Waals surface area (Å²) in [4.78, 5) is 0. The molecule has 1 aliphatic carbocycles. The zero-order valence-corrected chi connectivity index (χ0v) is 9.02. The van der Waals surface area contributed by atoms with Crippen molar-refractivity contribution in [3.8, 4) is 0 Å². The van der Waals surface area contributed by atoms with Gasteiger partial charge in [-0.15, -0.1) is 12.4 Å². The van der Waals surface area contributed by atoms with Gasteiger partial charge in [0.2, 0.25) is 0 Å². The highest BCUT2D eigenvalue weighted by Crippen LogP contribution is 2.27. The summed E-state index contributed by atoms with van der Waals surface area (Å²) in [5, 5.41) is 0. The van der Waals surface area contributed by atoms with Crippen LogP contribution in [0.4, 0.5) is 0 Å². The minimum atomic E-state index is 0. The Labute approximate surface area is 91.4 Å². The number of hydrogen-bond donors (Lipinski definition) is 1. The predicted octanol–water partition coefficient (Wildman–Crippen LogP) is 2.79. The first-order chi connectivity index (χ1) is 6.42. The first kappa shape index (κ1) is 11.3. The van der Waals surface area contributed by atoms with Gasteiger partial charge in [-0.25, -0.2) is 0 Å². The second-order valence-electron chi connectivity index (χ2n) is 3.46. The van der Waals surface area contributed by atoms with Crippen LogP contribution in [0.3, 0.4) is 0 Å². The highest BCUT2D eigenvalue weighted by Gasteiger charge is 2.10. The molecule has 1 aromatic carbocycles. The van der Waals surface area contributed by atoms with Crippen LogP contribution in [0.5, 0.6) is 0 Å². The smallest absolute Gasteiger partial charge is 0.00366 e. The molecule has 0 heterocycles. The van der Waals surface area contributed by atoms with Crippen molar-refractivity contribution in [3.05, 3.63) is 41.5 Å². The molecule has 0 saturated carbocycles. The molecule has 1 aromatic rings. The van der Waals surface area contributed by atoms with E-state index in [0.29, 0.717) is 0 Å². The second kappa shape index (κ2) is 5.18. The monoisotopic (exact) mass is 209 g/mol. The van der Waals surface area contributed by atoms with Gasteiger partial charge in [0.05, 0.1) is 0 Å². The molecule has 0 saturated heterocycles. The second-order valence-corrected chi connectivity index (χ2v) is 3.46. The zero-order chi connectivity index (χ0) is 9.10. The fourth-order valence-electron chi connectivity index (χ4n) is 1.96. The number of nitrogens with two attached hydrogens (primary N) is 1. The lowest BCUT2D eigenvalue weighted by molar-refractivity contribution is 0.940. The van der Waals surface area contributed by atoms with Gasteiger partial charge in [0.15, 0.2) is 0 Å². The van der Waals surface area contributed by atoms with Crippen LogP contribution in [0.1, 0.15) is 24.0 Å². The number of allylic oxidation sites excluding steroid dienone is 1. The SMILES string of the molecule is Cl.NCCC1=CCCc2ccccc21. The zero-order valence-electron chi connectivity index (χ0n) is 8.20. The Balaban J connectivity index is 0.000000980. The minimum absolute atomic E-state index is 0. The molecule has 0 unspecified atom stereocenters. The first-order valence-electron chi connectivity index (χ1n) is 4.89. The quantitative estimate of drug-likeness (QED) is 0.797. The van der Waals surface area contributed by atoms with Crippen molar-refractivity contribution in [1.29, 1.82) is 0 Å². The lowest BCUT2D eigenvalue weighted by atomic mass is 9.89. The third kappa shape index (κ3) is 2.17. The maximum Gasteiger partial charge on any atom is -0.00366 e. The van der Waals surface area contributed by atoms with Crippen LogP contribution in [0.25, 0.3) is 5.57 Å². The average Bonchev–Trinajstić information content (AvgIpc) is 2.19. The van der Waals surface area contributed by atoms with Gasteiger partial charge < -0.3 is 5.73 Å². The van der Waals surface area contributed by atoms with E-state index < -0.39 is 0 Å². The first-order valence-corrected chi connectivity index (χ1v) is 4.89. The molecule has 0 spiro atoms. The van der Waals surface area contributed by atoms with E-state index >= 15 is 0 Å². The summed E-state index contributed by atoms with van der Waals surface area (Å²) < 4.78 is 0. The molecular formula is C12H16ClN. The summed E-state index contributed by atoms with van der Waals surface area (Å²) in [5.74, 6) is 0. The average molecular weight is 210 g/mol. The normalized spacial score (nSPS) is 13.9. The van der Waals surface area contributed by atoms with E-state index in [1.54, 1.807) is 0 Å².